The highest BCUT2D eigenvalue weighted by atomic mass is 16.2. The Bertz CT molecular complexity index is 635. The number of aryl methyl sites for hydroxylation is 2. The van der Waals surface area contributed by atoms with Crippen molar-refractivity contribution in [2.45, 2.75) is 25.3 Å². The molecule has 0 radical (unpaired) electrons. The van der Waals surface area contributed by atoms with E-state index < -0.39 is 0 Å². The second-order valence-electron chi connectivity index (χ2n) is 5.40. The van der Waals surface area contributed by atoms with E-state index in [1.807, 2.05) is 36.0 Å². The third-order valence-corrected chi connectivity index (χ3v) is 3.95. The van der Waals surface area contributed by atoms with Gasteiger partial charge in [0.05, 0.1) is 6.04 Å². The molecule has 0 fully saturated rings. The van der Waals surface area contributed by atoms with Crippen LogP contribution in [-0.4, -0.2) is 28.0 Å². The first-order chi connectivity index (χ1) is 10.2. The molecule has 0 saturated heterocycles. The first kappa shape index (κ1) is 13.8. The molecule has 2 heterocycles. The van der Waals surface area contributed by atoms with Crippen molar-refractivity contribution >= 4 is 11.6 Å². The third-order valence-electron chi connectivity index (χ3n) is 3.95. The number of imidazole rings is 1. The molecule has 110 valence electrons. The number of aromatic nitrogens is 2. The van der Waals surface area contributed by atoms with Crippen LogP contribution in [0.1, 0.15) is 17.8 Å². The number of fused-ring (bicyclic) bond motifs is 1. The summed E-state index contributed by atoms with van der Waals surface area (Å²) in [7, 11) is 1.98. The molecule has 1 aliphatic rings. The average Bonchev–Trinajstić information content (AvgIpc) is 2.81. The Hall–Kier alpha value is -2.14. The van der Waals surface area contributed by atoms with E-state index in [2.05, 4.69) is 21.7 Å². The van der Waals surface area contributed by atoms with E-state index in [4.69, 9.17) is 0 Å². The van der Waals surface area contributed by atoms with Gasteiger partial charge in [0.2, 0.25) is 5.91 Å². The fourth-order valence-electron chi connectivity index (χ4n) is 2.70. The lowest BCUT2D eigenvalue weighted by molar-refractivity contribution is -0.118. The molecule has 2 N–H and O–H groups in total. The summed E-state index contributed by atoms with van der Waals surface area (Å²) in [5.74, 6) is 1.08. The molecule has 2 aromatic rings. The van der Waals surface area contributed by atoms with E-state index in [0.29, 0.717) is 0 Å². The van der Waals surface area contributed by atoms with Crippen LogP contribution in [0.3, 0.4) is 0 Å². The average molecular weight is 284 g/mol. The van der Waals surface area contributed by atoms with Gasteiger partial charge in [0, 0.05) is 38.1 Å². The lowest BCUT2D eigenvalue weighted by Gasteiger charge is -2.15. The molecule has 0 bridgehead atoms. The highest BCUT2D eigenvalue weighted by Crippen LogP contribution is 2.21. The largest absolute Gasteiger partial charge is 0.338 e. The van der Waals surface area contributed by atoms with Gasteiger partial charge in [-0.3, -0.25) is 4.79 Å². The van der Waals surface area contributed by atoms with Crippen LogP contribution in [0.2, 0.25) is 0 Å². The predicted molar refractivity (Wildman–Crippen MR) is 82.1 cm³/mol. The summed E-state index contributed by atoms with van der Waals surface area (Å²) in [6.07, 6.45) is 6.29. The Labute approximate surface area is 124 Å². The van der Waals surface area contributed by atoms with Gasteiger partial charge in [-0.25, -0.2) is 4.98 Å². The number of carbonyl (C=O) groups is 1. The number of para-hydroxylation sites is 1. The molecule has 0 aliphatic carbocycles. The normalized spacial score (nSPS) is 18.0. The van der Waals surface area contributed by atoms with Crippen molar-refractivity contribution in [2.75, 3.05) is 11.9 Å². The Morgan fingerprint density at radius 2 is 2.29 bits per heavy atom. The number of nitrogens with zero attached hydrogens (tertiary/aromatic N) is 2. The highest BCUT2D eigenvalue weighted by Gasteiger charge is 2.22. The van der Waals surface area contributed by atoms with Crippen LogP contribution < -0.4 is 10.6 Å². The maximum atomic E-state index is 12.2. The second-order valence-corrected chi connectivity index (χ2v) is 5.40. The van der Waals surface area contributed by atoms with Gasteiger partial charge >= 0.3 is 0 Å². The maximum absolute atomic E-state index is 12.2. The Morgan fingerprint density at radius 3 is 3.10 bits per heavy atom. The molecule has 1 aliphatic heterocycles. The van der Waals surface area contributed by atoms with Crippen LogP contribution in [0, 0.1) is 0 Å². The molecule has 0 saturated carbocycles. The fourth-order valence-corrected chi connectivity index (χ4v) is 2.70. The van der Waals surface area contributed by atoms with Crippen LogP contribution in [0.25, 0.3) is 0 Å². The Balaban J connectivity index is 1.57. The van der Waals surface area contributed by atoms with Crippen LogP contribution in [-0.2, 0) is 24.7 Å². The van der Waals surface area contributed by atoms with Gasteiger partial charge in [-0.2, -0.15) is 0 Å². The fraction of sp³-hybridized carbons (Fsp3) is 0.375. The molecule has 5 heteroatoms. The lowest BCUT2D eigenvalue weighted by Crippen LogP contribution is -2.40. The molecule has 1 aromatic carbocycles. The zero-order valence-corrected chi connectivity index (χ0v) is 12.2. The van der Waals surface area contributed by atoms with Crippen molar-refractivity contribution in [3.8, 4) is 0 Å². The zero-order chi connectivity index (χ0) is 14.7. The number of nitrogens with one attached hydrogen (secondary N) is 2. The summed E-state index contributed by atoms with van der Waals surface area (Å²) in [4.78, 5) is 16.5. The minimum Gasteiger partial charge on any atom is -0.338 e. The standard InChI is InChI=1S/C16H20N4O/c1-20-11-10-18-15(20)8-9-17-14-7-6-12-4-2-3-5-13(12)19-16(14)21/h2-5,10-11,14,17H,6-9H2,1H3,(H,19,21). The van der Waals surface area contributed by atoms with Gasteiger partial charge in [0.25, 0.3) is 0 Å². The van der Waals surface area contributed by atoms with Crippen LogP contribution in [0.4, 0.5) is 5.69 Å². The molecule has 3 rings (SSSR count). The summed E-state index contributed by atoms with van der Waals surface area (Å²) >= 11 is 0. The van der Waals surface area contributed by atoms with Crippen molar-refractivity contribution in [3.63, 3.8) is 0 Å². The second kappa shape index (κ2) is 6.10. The van der Waals surface area contributed by atoms with Gasteiger partial charge in [-0.1, -0.05) is 18.2 Å². The van der Waals surface area contributed by atoms with E-state index in [1.165, 1.54) is 5.56 Å². The summed E-state index contributed by atoms with van der Waals surface area (Å²) in [6.45, 7) is 0.749. The number of hydrogen-bond acceptors (Lipinski definition) is 3. The first-order valence-corrected chi connectivity index (χ1v) is 7.32. The molecule has 1 amide bonds. The molecule has 5 nitrogen and oxygen atoms in total. The summed E-state index contributed by atoms with van der Waals surface area (Å²) < 4.78 is 2.00. The van der Waals surface area contributed by atoms with Crippen LogP contribution >= 0.6 is 0 Å². The highest BCUT2D eigenvalue weighted by molar-refractivity contribution is 5.96. The lowest BCUT2D eigenvalue weighted by atomic mass is 10.1. The first-order valence-electron chi connectivity index (χ1n) is 7.32. The molecule has 1 atom stereocenters. The zero-order valence-electron chi connectivity index (χ0n) is 12.2. The quantitative estimate of drug-likeness (QED) is 0.894. The topological polar surface area (TPSA) is 59.0 Å². The maximum Gasteiger partial charge on any atom is 0.241 e. The van der Waals surface area contributed by atoms with Gasteiger partial charge in [-0.15, -0.1) is 0 Å². The van der Waals surface area contributed by atoms with Crippen molar-refractivity contribution in [1.82, 2.24) is 14.9 Å². The van der Waals surface area contributed by atoms with Gasteiger partial charge in [-0.05, 0) is 24.5 Å². The molecular weight excluding hydrogens is 264 g/mol. The van der Waals surface area contributed by atoms with Gasteiger partial charge < -0.3 is 15.2 Å². The summed E-state index contributed by atoms with van der Waals surface area (Å²) in [5.41, 5.74) is 2.15. The van der Waals surface area contributed by atoms with Crippen LogP contribution in [0.5, 0.6) is 0 Å². The minimum absolute atomic E-state index is 0.0554. The number of anilines is 1. The number of rotatable bonds is 4. The van der Waals surface area contributed by atoms with E-state index in [9.17, 15) is 4.79 Å². The molecule has 1 aromatic heterocycles. The molecule has 1 unspecified atom stereocenters. The van der Waals surface area contributed by atoms with Crippen molar-refractivity contribution in [3.05, 3.63) is 48.0 Å². The molecule has 21 heavy (non-hydrogen) atoms. The Morgan fingerprint density at radius 1 is 1.43 bits per heavy atom. The number of hydrogen-bond donors (Lipinski definition) is 2. The summed E-state index contributed by atoms with van der Waals surface area (Å²) in [6, 6.07) is 7.86. The van der Waals surface area contributed by atoms with Gasteiger partial charge in [0.15, 0.2) is 0 Å². The van der Waals surface area contributed by atoms with E-state index in [0.717, 1.165) is 37.3 Å². The van der Waals surface area contributed by atoms with Crippen LogP contribution in [0.15, 0.2) is 36.7 Å². The van der Waals surface area contributed by atoms with Gasteiger partial charge in [0.1, 0.15) is 5.82 Å². The van der Waals surface area contributed by atoms with Crippen molar-refractivity contribution < 1.29 is 4.79 Å². The molecule has 0 spiro atoms. The minimum atomic E-state index is -0.141. The Kier molecular flexibility index (Phi) is 4.01. The monoisotopic (exact) mass is 284 g/mol. The predicted octanol–water partition coefficient (Wildman–Crippen LogP) is 1.51. The number of amides is 1. The van der Waals surface area contributed by atoms with Crippen molar-refractivity contribution in [1.29, 1.82) is 0 Å². The SMILES string of the molecule is Cn1ccnc1CCNC1CCc2ccccc2NC1=O. The smallest absolute Gasteiger partial charge is 0.241 e. The van der Waals surface area contributed by atoms with E-state index in [-0.39, 0.29) is 11.9 Å². The number of benzene rings is 1. The molecular formula is C16H20N4O. The van der Waals surface area contributed by atoms with E-state index >= 15 is 0 Å². The third kappa shape index (κ3) is 3.13. The van der Waals surface area contributed by atoms with Crippen molar-refractivity contribution in [2.24, 2.45) is 7.05 Å². The van der Waals surface area contributed by atoms with E-state index in [1.54, 1.807) is 6.20 Å². The summed E-state index contributed by atoms with van der Waals surface area (Å²) in [5, 5.41) is 6.35. The number of carbonyl (C=O) groups excluding carboxylic acids is 1.